The second-order valence-corrected chi connectivity index (χ2v) is 5.97. The first-order chi connectivity index (χ1) is 11.6. The van der Waals surface area contributed by atoms with Gasteiger partial charge in [0, 0.05) is 16.1 Å². The average molecular weight is 341 g/mol. The van der Waals surface area contributed by atoms with E-state index >= 15 is 0 Å². The lowest BCUT2D eigenvalue weighted by Gasteiger charge is -2.10. The van der Waals surface area contributed by atoms with Crippen molar-refractivity contribution in [1.82, 2.24) is 9.78 Å². The van der Waals surface area contributed by atoms with Crippen LogP contribution in [-0.4, -0.2) is 16.9 Å². The van der Waals surface area contributed by atoms with Crippen LogP contribution in [-0.2, 0) is 6.54 Å². The van der Waals surface area contributed by atoms with E-state index in [-0.39, 0.29) is 5.56 Å². The van der Waals surface area contributed by atoms with Crippen LogP contribution in [0.4, 0.5) is 0 Å². The minimum atomic E-state index is -0.0952. The molecule has 1 aromatic heterocycles. The Morgan fingerprint density at radius 2 is 1.75 bits per heavy atom. The lowest BCUT2D eigenvalue weighted by molar-refractivity contribution is 0.415. The summed E-state index contributed by atoms with van der Waals surface area (Å²) < 4.78 is 6.66. The van der Waals surface area contributed by atoms with Gasteiger partial charge in [0.2, 0.25) is 0 Å². The average Bonchev–Trinajstić information content (AvgIpc) is 2.60. The highest BCUT2D eigenvalue weighted by atomic mass is 35.5. The zero-order chi connectivity index (χ0) is 17.1. The zero-order valence-corrected chi connectivity index (χ0v) is 14.2. The Hall–Kier alpha value is -2.59. The van der Waals surface area contributed by atoms with Gasteiger partial charge in [-0.25, -0.2) is 4.68 Å². The molecule has 4 nitrogen and oxygen atoms in total. The van der Waals surface area contributed by atoms with Gasteiger partial charge in [-0.3, -0.25) is 4.79 Å². The third kappa shape index (κ3) is 3.49. The molecule has 3 rings (SSSR count). The van der Waals surface area contributed by atoms with Crippen LogP contribution in [0.25, 0.3) is 11.3 Å². The Morgan fingerprint density at radius 1 is 1.08 bits per heavy atom. The Morgan fingerprint density at radius 3 is 2.38 bits per heavy atom. The summed E-state index contributed by atoms with van der Waals surface area (Å²) in [5.74, 6) is 0.782. The van der Waals surface area contributed by atoms with Crippen molar-refractivity contribution in [2.24, 2.45) is 0 Å². The maximum atomic E-state index is 12.4. The fourth-order valence-electron chi connectivity index (χ4n) is 2.45. The number of aryl methyl sites for hydroxylation is 1. The van der Waals surface area contributed by atoms with Crippen molar-refractivity contribution in [2.75, 3.05) is 7.11 Å². The molecule has 24 heavy (non-hydrogen) atoms. The fourth-order valence-corrected chi connectivity index (χ4v) is 2.57. The van der Waals surface area contributed by atoms with Crippen LogP contribution < -0.4 is 10.3 Å². The summed E-state index contributed by atoms with van der Waals surface area (Å²) in [7, 11) is 1.63. The standard InChI is InChI=1S/C19H17ClN2O2/c1-13-11-18(15-5-9-17(24-2)10-6-15)21-22(19(13)23)12-14-3-7-16(20)8-4-14/h3-11H,12H2,1-2H3. The van der Waals surface area contributed by atoms with Crippen molar-refractivity contribution >= 4 is 11.6 Å². The summed E-state index contributed by atoms with van der Waals surface area (Å²) in [6, 6.07) is 16.8. The second kappa shape index (κ2) is 6.89. The van der Waals surface area contributed by atoms with Gasteiger partial charge in [-0.1, -0.05) is 23.7 Å². The molecule has 0 amide bonds. The SMILES string of the molecule is COc1ccc(-c2cc(C)c(=O)n(Cc3ccc(Cl)cc3)n2)cc1. The highest BCUT2D eigenvalue weighted by Crippen LogP contribution is 2.20. The second-order valence-electron chi connectivity index (χ2n) is 5.53. The molecule has 3 aromatic rings. The Labute approximate surface area is 145 Å². The number of rotatable bonds is 4. The van der Waals surface area contributed by atoms with E-state index in [1.165, 1.54) is 4.68 Å². The van der Waals surface area contributed by atoms with Crippen LogP contribution in [0.15, 0.2) is 59.4 Å². The fraction of sp³-hybridized carbons (Fsp3) is 0.158. The molecule has 0 radical (unpaired) electrons. The van der Waals surface area contributed by atoms with Gasteiger partial charge in [0.15, 0.2) is 0 Å². The van der Waals surface area contributed by atoms with Crippen molar-refractivity contribution in [3.05, 3.63) is 81.1 Å². The van der Waals surface area contributed by atoms with E-state index in [4.69, 9.17) is 16.3 Å². The molecule has 0 aliphatic rings. The van der Waals surface area contributed by atoms with E-state index in [1.54, 1.807) is 14.0 Å². The van der Waals surface area contributed by atoms with Gasteiger partial charge in [0.25, 0.3) is 5.56 Å². The first-order valence-electron chi connectivity index (χ1n) is 7.54. The smallest absolute Gasteiger partial charge is 0.270 e. The molecule has 0 saturated heterocycles. The molecular weight excluding hydrogens is 324 g/mol. The monoisotopic (exact) mass is 340 g/mol. The summed E-state index contributed by atoms with van der Waals surface area (Å²) in [6.45, 7) is 2.20. The number of halogens is 1. The van der Waals surface area contributed by atoms with E-state index in [0.717, 1.165) is 22.6 Å². The predicted octanol–water partition coefficient (Wildman–Crippen LogP) is 3.93. The topological polar surface area (TPSA) is 44.1 Å². The molecule has 2 aromatic carbocycles. The number of aromatic nitrogens is 2. The van der Waals surface area contributed by atoms with Crippen molar-refractivity contribution in [3.8, 4) is 17.0 Å². The highest BCUT2D eigenvalue weighted by molar-refractivity contribution is 6.30. The highest BCUT2D eigenvalue weighted by Gasteiger charge is 2.08. The van der Waals surface area contributed by atoms with Crippen LogP contribution >= 0.6 is 11.6 Å². The first kappa shape index (κ1) is 16.3. The summed E-state index contributed by atoms with van der Waals surface area (Å²) in [5.41, 5.74) is 3.22. The van der Waals surface area contributed by atoms with Gasteiger partial charge in [0.05, 0.1) is 19.3 Å². The van der Waals surface area contributed by atoms with E-state index in [1.807, 2.05) is 54.6 Å². The molecule has 0 aliphatic heterocycles. The molecule has 0 unspecified atom stereocenters. The lowest BCUT2D eigenvalue weighted by Crippen LogP contribution is -2.25. The summed E-state index contributed by atoms with van der Waals surface area (Å²) in [4.78, 5) is 12.4. The third-order valence-corrected chi connectivity index (χ3v) is 4.04. The van der Waals surface area contributed by atoms with Gasteiger partial charge >= 0.3 is 0 Å². The van der Waals surface area contributed by atoms with Gasteiger partial charge in [-0.2, -0.15) is 5.10 Å². The lowest BCUT2D eigenvalue weighted by atomic mass is 10.1. The van der Waals surface area contributed by atoms with Crippen molar-refractivity contribution in [1.29, 1.82) is 0 Å². The van der Waals surface area contributed by atoms with Crippen LogP contribution in [0.2, 0.25) is 5.02 Å². The van der Waals surface area contributed by atoms with Crippen LogP contribution in [0.3, 0.4) is 0 Å². The molecule has 0 N–H and O–H groups in total. The minimum absolute atomic E-state index is 0.0952. The molecule has 5 heteroatoms. The van der Waals surface area contributed by atoms with Crippen LogP contribution in [0.5, 0.6) is 5.75 Å². The number of hydrogen-bond donors (Lipinski definition) is 0. The number of ether oxygens (including phenoxy) is 1. The molecule has 0 spiro atoms. The number of benzene rings is 2. The maximum Gasteiger partial charge on any atom is 0.270 e. The number of hydrogen-bond acceptors (Lipinski definition) is 3. The van der Waals surface area contributed by atoms with Crippen molar-refractivity contribution in [3.63, 3.8) is 0 Å². The molecule has 0 fully saturated rings. The normalized spacial score (nSPS) is 10.6. The Kier molecular flexibility index (Phi) is 4.67. The summed E-state index contributed by atoms with van der Waals surface area (Å²) in [5, 5.41) is 5.18. The van der Waals surface area contributed by atoms with Crippen molar-refractivity contribution in [2.45, 2.75) is 13.5 Å². The van der Waals surface area contributed by atoms with Crippen LogP contribution in [0, 0.1) is 6.92 Å². The summed E-state index contributed by atoms with van der Waals surface area (Å²) in [6.07, 6.45) is 0. The van der Waals surface area contributed by atoms with Gasteiger partial charge in [0.1, 0.15) is 5.75 Å². The minimum Gasteiger partial charge on any atom is -0.497 e. The van der Waals surface area contributed by atoms with E-state index in [9.17, 15) is 4.79 Å². The van der Waals surface area contributed by atoms with Crippen LogP contribution in [0.1, 0.15) is 11.1 Å². The molecular formula is C19H17ClN2O2. The maximum absolute atomic E-state index is 12.4. The molecule has 122 valence electrons. The van der Waals surface area contributed by atoms with Gasteiger partial charge in [-0.05, 0) is 55.0 Å². The predicted molar refractivity (Wildman–Crippen MR) is 95.8 cm³/mol. The van der Waals surface area contributed by atoms with E-state index < -0.39 is 0 Å². The largest absolute Gasteiger partial charge is 0.497 e. The molecule has 0 bridgehead atoms. The zero-order valence-electron chi connectivity index (χ0n) is 13.5. The number of nitrogens with zero attached hydrogens (tertiary/aromatic N) is 2. The molecule has 0 aliphatic carbocycles. The molecule has 0 saturated carbocycles. The quantitative estimate of drug-likeness (QED) is 0.722. The molecule has 1 heterocycles. The first-order valence-corrected chi connectivity index (χ1v) is 7.92. The van der Waals surface area contributed by atoms with E-state index in [2.05, 4.69) is 5.10 Å². The van der Waals surface area contributed by atoms with Crippen molar-refractivity contribution < 1.29 is 4.74 Å². The Bertz CT molecular complexity index is 900. The third-order valence-electron chi connectivity index (χ3n) is 3.78. The van der Waals surface area contributed by atoms with Gasteiger partial charge in [-0.15, -0.1) is 0 Å². The number of methoxy groups -OCH3 is 1. The Balaban J connectivity index is 1.98. The summed E-state index contributed by atoms with van der Waals surface area (Å²) >= 11 is 5.91. The van der Waals surface area contributed by atoms with E-state index in [0.29, 0.717) is 17.1 Å². The van der Waals surface area contributed by atoms with Gasteiger partial charge < -0.3 is 4.74 Å². The molecule has 0 atom stereocenters.